The van der Waals surface area contributed by atoms with Gasteiger partial charge in [0.25, 0.3) is 0 Å². The number of nitrogens with zero attached hydrogens (tertiary/aromatic N) is 3. The highest BCUT2D eigenvalue weighted by molar-refractivity contribution is 5.91. The Morgan fingerprint density at radius 3 is 2.18 bits per heavy atom. The van der Waals surface area contributed by atoms with Gasteiger partial charge in [-0.15, -0.1) is 6.58 Å². The Labute approximate surface area is 191 Å². The number of hydrogen-bond donors (Lipinski definition) is 2. The van der Waals surface area contributed by atoms with Crippen LogP contribution in [0.2, 0.25) is 0 Å². The van der Waals surface area contributed by atoms with Crippen molar-refractivity contribution in [2.45, 2.75) is 0 Å². The number of aromatic nitrogens is 4. The summed E-state index contributed by atoms with van der Waals surface area (Å²) in [7, 11) is 0. The van der Waals surface area contributed by atoms with Gasteiger partial charge in [0.2, 0.25) is 0 Å². The maximum Gasteiger partial charge on any atom is 0.0736 e. The molecule has 6 rings (SSSR count). The first-order valence-electron chi connectivity index (χ1n) is 11.0. The van der Waals surface area contributed by atoms with E-state index in [1.807, 2.05) is 24.3 Å². The minimum atomic E-state index is 0.829. The van der Waals surface area contributed by atoms with Gasteiger partial charge in [-0.25, -0.2) is 9.97 Å². The van der Waals surface area contributed by atoms with Crippen LogP contribution in [-0.2, 0) is 0 Å². The third kappa shape index (κ3) is 3.85. The molecule has 0 aromatic carbocycles. The number of H-pyrrole nitrogens is 2. The predicted octanol–water partition coefficient (Wildman–Crippen LogP) is 6.05. The fourth-order valence-electron chi connectivity index (χ4n) is 4.33. The molecule has 0 saturated carbocycles. The van der Waals surface area contributed by atoms with E-state index in [0.717, 1.165) is 69.1 Å². The molecule has 2 N–H and O–H groups in total. The summed E-state index contributed by atoms with van der Waals surface area (Å²) in [6.45, 7) is 5.51. The van der Waals surface area contributed by atoms with Gasteiger partial charge in [0, 0.05) is 46.9 Å². The average Bonchev–Trinajstić information content (AvgIpc) is 3.61. The van der Waals surface area contributed by atoms with Crippen molar-refractivity contribution >= 4 is 51.9 Å². The first kappa shape index (κ1) is 19.3. The Kier molecular flexibility index (Phi) is 4.65. The topological polar surface area (TPSA) is 60.6 Å². The van der Waals surface area contributed by atoms with E-state index >= 15 is 0 Å². The molecule has 3 aromatic heterocycles. The zero-order valence-corrected chi connectivity index (χ0v) is 18.1. The average molecular weight is 430 g/mol. The molecular weight excluding hydrogens is 406 g/mol. The van der Waals surface area contributed by atoms with Gasteiger partial charge in [-0.2, -0.15) is 0 Å². The van der Waals surface area contributed by atoms with Gasteiger partial charge in [0.1, 0.15) is 0 Å². The number of fused-ring (bicyclic) bond motifs is 8. The molecule has 3 aliphatic heterocycles. The first-order valence-corrected chi connectivity index (χ1v) is 11.0. The van der Waals surface area contributed by atoms with Crippen molar-refractivity contribution in [3.05, 3.63) is 102 Å². The van der Waals surface area contributed by atoms with Crippen molar-refractivity contribution in [1.29, 1.82) is 0 Å². The molecule has 160 valence electrons. The summed E-state index contributed by atoms with van der Waals surface area (Å²) in [5, 5.41) is 0. The third-order valence-electron chi connectivity index (χ3n) is 5.88. The molecule has 5 nitrogen and oxygen atoms in total. The smallest absolute Gasteiger partial charge is 0.0736 e. The largest absolute Gasteiger partial charge is 0.370 e. The highest BCUT2D eigenvalue weighted by atomic mass is 15.1. The zero-order chi connectivity index (χ0) is 22.2. The Morgan fingerprint density at radius 1 is 0.818 bits per heavy atom. The highest BCUT2D eigenvalue weighted by Gasteiger charge is 2.14. The molecule has 0 radical (unpaired) electrons. The van der Waals surface area contributed by atoms with E-state index in [0.29, 0.717) is 0 Å². The molecule has 6 heterocycles. The van der Waals surface area contributed by atoms with Gasteiger partial charge in [0.05, 0.1) is 22.8 Å². The van der Waals surface area contributed by atoms with E-state index in [1.165, 1.54) is 0 Å². The Morgan fingerprint density at radius 2 is 1.48 bits per heavy atom. The molecule has 0 unspecified atom stereocenters. The van der Waals surface area contributed by atoms with Crippen molar-refractivity contribution in [1.82, 2.24) is 24.8 Å². The normalized spacial score (nSPS) is 14.5. The maximum atomic E-state index is 4.96. The van der Waals surface area contributed by atoms with Gasteiger partial charge >= 0.3 is 0 Å². The van der Waals surface area contributed by atoms with E-state index < -0.39 is 0 Å². The first-order chi connectivity index (χ1) is 16.2. The second-order valence-corrected chi connectivity index (χ2v) is 8.27. The second-order valence-electron chi connectivity index (χ2n) is 8.27. The fraction of sp³-hybridized carbons (Fsp3) is 0.0714. The van der Waals surface area contributed by atoms with E-state index in [1.54, 1.807) is 0 Å². The molecule has 0 spiro atoms. The van der Waals surface area contributed by atoms with Crippen LogP contribution in [0.1, 0.15) is 28.3 Å². The zero-order valence-electron chi connectivity index (χ0n) is 18.1. The number of aromatic amines is 2. The molecule has 0 aliphatic carbocycles. The summed E-state index contributed by atoms with van der Waals surface area (Å²) in [4.78, 5) is 18.9. The van der Waals surface area contributed by atoms with Crippen molar-refractivity contribution in [3.63, 3.8) is 0 Å². The molecule has 0 amide bonds. The molecule has 0 fully saturated rings. The van der Waals surface area contributed by atoms with Crippen molar-refractivity contribution in [3.8, 4) is 0 Å². The monoisotopic (exact) mass is 429 g/mol. The van der Waals surface area contributed by atoms with Crippen LogP contribution < -0.4 is 0 Å². The van der Waals surface area contributed by atoms with Gasteiger partial charge in [-0.05, 0) is 78.4 Å². The summed E-state index contributed by atoms with van der Waals surface area (Å²) in [5.41, 5.74) is 10.0. The standard InChI is InChI=1S/C28H23N5/c1-2-13-33-14-11-19(12-15-33)28-26-9-7-24(31-26)17-22-5-3-20(29-22)16-21-4-6-23(30-21)18-25-8-10-27(28)32-25/h2-12,14,16-18,29,32H,1,13,15H2. The van der Waals surface area contributed by atoms with Gasteiger partial charge in [-0.3, -0.25) is 0 Å². The quantitative estimate of drug-likeness (QED) is 0.343. The second kappa shape index (κ2) is 7.95. The van der Waals surface area contributed by atoms with Crippen molar-refractivity contribution < 1.29 is 0 Å². The lowest BCUT2D eigenvalue weighted by Crippen LogP contribution is -2.19. The van der Waals surface area contributed by atoms with E-state index in [4.69, 9.17) is 9.97 Å². The van der Waals surface area contributed by atoms with Crippen LogP contribution in [0.25, 0.3) is 51.9 Å². The molecule has 33 heavy (non-hydrogen) atoms. The summed E-state index contributed by atoms with van der Waals surface area (Å²) < 4.78 is 0. The summed E-state index contributed by atoms with van der Waals surface area (Å²) >= 11 is 0. The van der Waals surface area contributed by atoms with E-state index in [-0.39, 0.29) is 0 Å². The molecular formula is C28H23N5. The fourth-order valence-corrected chi connectivity index (χ4v) is 4.33. The van der Waals surface area contributed by atoms with E-state index in [9.17, 15) is 0 Å². The van der Waals surface area contributed by atoms with Crippen molar-refractivity contribution in [2.75, 3.05) is 13.1 Å². The van der Waals surface area contributed by atoms with Crippen LogP contribution in [0.15, 0.2) is 73.5 Å². The molecule has 8 bridgehead atoms. The van der Waals surface area contributed by atoms with Crippen LogP contribution in [-0.4, -0.2) is 37.9 Å². The Bertz CT molecular complexity index is 1540. The SMILES string of the molecule is C=CCN1C=CC(c2c3nc(cc4ccc(cc5nc(cc6ccc2[nH]6)C=C5)[nH]4)C=C3)=CC1. The Hall–Kier alpha value is -4.38. The molecule has 3 aromatic rings. The number of hydrogen-bond acceptors (Lipinski definition) is 3. The summed E-state index contributed by atoms with van der Waals surface area (Å²) in [5.74, 6) is 0. The van der Waals surface area contributed by atoms with Crippen LogP contribution in [0.5, 0.6) is 0 Å². The third-order valence-corrected chi connectivity index (χ3v) is 5.88. The van der Waals surface area contributed by atoms with Crippen LogP contribution >= 0.6 is 0 Å². The van der Waals surface area contributed by atoms with E-state index in [2.05, 4.69) is 88.3 Å². The molecule has 0 saturated heterocycles. The van der Waals surface area contributed by atoms with Gasteiger partial charge in [0.15, 0.2) is 0 Å². The molecule has 5 heteroatoms. The lowest BCUT2D eigenvalue weighted by molar-refractivity contribution is 0.459. The van der Waals surface area contributed by atoms with Crippen LogP contribution in [0, 0.1) is 0 Å². The maximum absolute atomic E-state index is 4.96. The predicted molar refractivity (Wildman–Crippen MR) is 138 cm³/mol. The van der Waals surface area contributed by atoms with Crippen molar-refractivity contribution in [2.24, 2.45) is 0 Å². The molecule has 0 atom stereocenters. The number of rotatable bonds is 3. The number of nitrogens with one attached hydrogen (secondary N) is 2. The van der Waals surface area contributed by atoms with Gasteiger partial charge in [-0.1, -0.05) is 12.2 Å². The highest BCUT2D eigenvalue weighted by Crippen LogP contribution is 2.29. The minimum absolute atomic E-state index is 0.829. The minimum Gasteiger partial charge on any atom is -0.370 e. The van der Waals surface area contributed by atoms with Gasteiger partial charge < -0.3 is 14.9 Å². The Balaban J connectivity index is 1.61. The summed E-state index contributed by atoms with van der Waals surface area (Å²) in [6.07, 6.45) is 16.7. The molecule has 3 aliphatic rings. The number of allylic oxidation sites excluding steroid dienone is 2. The lowest BCUT2D eigenvalue weighted by Gasteiger charge is -2.21. The lowest BCUT2D eigenvalue weighted by atomic mass is 10.0. The van der Waals surface area contributed by atoms with Crippen LogP contribution in [0.4, 0.5) is 0 Å². The van der Waals surface area contributed by atoms with Crippen LogP contribution in [0.3, 0.4) is 0 Å². The summed E-state index contributed by atoms with van der Waals surface area (Å²) in [6, 6.07) is 14.5.